The minimum Gasteiger partial charge on any atom is -0.394 e. The van der Waals surface area contributed by atoms with Crippen LogP contribution in [0.25, 0.3) is 0 Å². The first-order valence-corrected chi connectivity index (χ1v) is 11.9. The van der Waals surface area contributed by atoms with Crippen molar-refractivity contribution in [2.45, 2.75) is 77.2 Å². The third-order valence-electron chi connectivity index (χ3n) is 7.76. The van der Waals surface area contributed by atoms with Gasteiger partial charge >= 0.3 is 0 Å². The van der Waals surface area contributed by atoms with Gasteiger partial charge in [0.15, 0.2) is 0 Å². The van der Waals surface area contributed by atoms with Crippen LogP contribution in [-0.4, -0.2) is 64.2 Å². The van der Waals surface area contributed by atoms with Gasteiger partial charge in [-0.05, 0) is 58.1 Å². The Balaban J connectivity index is 1.75. The Bertz CT molecular complexity index is 961. The molecule has 3 heterocycles. The highest BCUT2D eigenvalue weighted by molar-refractivity contribution is 6.04. The SMILES string of the molecule is CCCNC(=O)[C@@H]1[C@H]2C(=O)N([C@H](C)CO)C(C(=O)Nc3c(C)cccc3C)C23CC[C@@]1(C)O3. The number of hydrogen-bond donors (Lipinski definition) is 3. The molecule has 2 bridgehead atoms. The Labute approximate surface area is 195 Å². The van der Waals surface area contributed by atoms with Crippen LogP contribution >= 0.6 is 0 Å². The Kier molecular flexibility index (Phi) is 6.03. The summed E-state index contributed by atoms with van der Waals surface area (Å²) >= 11 is 0. The molecule has 1 aromatic carbocycles. The van der Waals surface area contributed by atoms with Gasteiger partial charge in [-0.3, -0.25) is 14.4 Å². The van der Waals surface area contributed by atoms with Gasteiger partial charge in [-0.2, -0.15) is 0 Å². The zero-order valence-corrected chi connectivity index (χ0v) is 20.1. The number of anilines is 1. The Hall–Kier alpha value is -2.45. The number of aliphatic hydroxyl groups is 1. The number of carbonyl (C=O) groups is 3. The number of amides is 3. The second-order valence-electron chi connectivity index (χ2n) is 10.1. The summed E-state index contributed by atoms with van der Waals surface area (Å²) in [4.78, 5) is 42.2. The Morgan fingerprint density at radius 2 is 1.91 bits per heavy atom. The van der Waals surface area contributed by atoms with Crippen LogP contribution in [-0.2, 0) is 19.1 Å². The molecular weight excluding hydrogens is 422 g/mol. The second kappa shape index (κ2) is 8.40. The lowest BCUT2D eigenvalue weighted by molar-refractivity contribution is -0.147. The van der Waals surface area contributed by atoms with E-state index in [2.05, 4.69) is 10.6 Å². The Morgan fingerprint density at radius 3 is 2.52 bits per heavy atom. The number of likely N-dealkylation sites (tertiary alicyclic amines) is 1. The lowest BCUT2D eigenvalue weighted by Crippen LogP contribution is -2.56. The van der Waals surface area contributed by atoms with Gasteiger partial charge in [0.2, 0.25) is 17.7 Å². The molecule has 3 fully saturated rings. The zero-order chi connectivity index (χ0) is 24.1. The largest absolute Gasteiger partial charge is 0.394 e. The van der Waals surface area contributed by atoms with Crippen LogP contribution in [0, 0.1) is 25.7 Å². The van der Waals surface area contributed by atoms with E-state index >= 15 is 0 Å². The number of hydrogen-bond acceptors (Lipinski definition) is 5. The average molecular weight is 458 g/mol. The fourth-order valence-electron chi connectivity index (χ4n) is 6.19. The van der Waals surface area contributed by atoms with E-state index in [-0.39, 0.29) is 24.3 Å². The average Bonchev–Trinajstić information content (AvgIpc) is 3.35. The predicted molar refractivity (Wildman–Crippen MR) is 123 cm³/mol. The lowest BCUT2D eigenvalue weighted by Gasteiger charge is -2.36. The molecule has 3 amide bonds. The first kappa shape index (κ1) is 23.7. The maximum atomic E-state index is 13.8. The van der Waals surface area contributed by atoms with E-state index in [4.69, 9.17) is 4.74 Å². The van der Waals surface area contributed by atoms with Crippen LogP contribution < -0.4 is 10.6 Å². The van der Waals surface area contributed by atoms with Gasteiger partial charge in [-0.15, -0.1) is 0 Å². The highest BCUT2D eigenvalue weighted by Crippen LogP contribution is 2.63. The summed E-state index contributed by atoms with van der Waals surface area (Å²) in [7, 11) is 0. The van der Waals surface area contributed by atoms with Crippen LogP contribution in [0.3, 0.4) is 0 Å². The highest BCUT2D eigenvalue weighted by Gasteiger charge is 2.78. The van der Waals surface area contributed by atoms with Gasteiger partial charge in [-0.1, -0.05) is 25.1 Å². The molecule has 3 saturated heterocycles. The van der Waals surface area contributed by atoms with E-state index in [0.29, 0.717) is 25.1 Å². The number of rotatable bonds is 7. The molecule has 0 aromatic heterocycles. The number of fused-ring (bicyclic) bond motifs is 1. The number of carbonyl (C=O) groups excluding carboxylic acids is 3. The maximum Gasteiger partial charge on any atom is 0.250 e. The molecule has 33 heavy (non-hydrogen) atoms. The number of ether oxygens (including phenoxy) is 1. The molecule has 8 nitrogen and oxygen atoms in total. The molecule has 1 aromatic rings. The van der Waals surface area contributed by atoms with Crippen molar-refractivity contribution in [3.05, 3.63) is 29.3 Å². The zero-order valence-electron chi connectivity index (χ0n) is 20.1. The summed E-state index contributed by atoms with van der Waals surface area (Å²) in [6.07, 6.45) is 1.89. The van der Waals surface area contributed by atoms with Crippen LogP contribution in [0.1, 0.15) is 51.2 Å². The van der Waals surface area contributed by atoms with Crippen molar-refractivity contribution < 1.29 is 24.2 Å². The first-order valence-electron chi connectivity index (χ1n) is 11.9. The van der Waals surface area contributed by atoms with Crippen molar-refractivity contribution in [2.75, 3.05) is 18.5 Å². The molecule has 1 spiro atoms. The van der Waals surface area contributed by atoms with E-state index in [1.54, 1.807) is 6.92 Å². The third-order valence-corrected chi connectivity index (χ3v) is 7.76. The smallest absolute Gasteiger partial charge is 0.250 e. The van der Waals surface area contributed by atoms with Gasteiger partial charge in [0, 0.05) is 12.2 Å². The predicted octanol–water partition coefficient (Wildman–Crippen LogP) is 1.91. The normalized spacial score (nSPS) is 33.2. The molecular formula is C25H35N3O5. The van der Waals surface area contributed by atoms with E-state index in [1.165, 1.54) is 4.90 Å². The topological polar surface area (TPSA) is 108 Å². The standard InChI is InChI=1S/C25H35N3O5/c1-6-12-26-21(30)17-18-23(32)28(16(4)13-29)20(25(18)11-10-24(17,5)33-25)22(31)27-19-14(2)8-7-9-15(19)3/h7-9,16-18,20,29H,6,10-13H2,1-5H3,(H,26,30)(H,27,31)/t16-,17+,18+,20?,24-,25?/m1/s1. The number of para-hydroxylation sites is 1. The van der Waals surface area contributed by atoms with Crippen molar-refractivity contribution in [1.29, 1.82) is 0 Å². The minimum atomic E-state index is -1.09. The summed E-state index contributed by atoms with van der Waals surface area (Å²) in [5, 5.41) is 15.9. The number of aliphatic hydroxyl groups excluding tert-OH is 1. The maximum absolute atomic E-state index is 13.8. The highest BCUT2D eigenvalue weighted by atomic mass is 16.5. The van der Waals surface area contributed by atoms with Gasteiger partial charge < -0.3 is 25.4 Å². The van der Waals surface area contributed by atoms with E-state index in [9.17, 15) is 19.5 Å². The number of benzene rings is 1. The molecule has 3 aliphatic heterocycles. The summed E-state index contributed by atoms with van der Waals surface area (Å²) < 4.78 is 6.55. The molecule has 4 rings (SSSR count). The summed E-state index contributed by atoms with van der Waals surface area (Å²) in [6.45, 7) is 9.65. The van der Waals surface area contributed by atoms with Gasteiger partial charge in [0.1, 0.15) is 11.6 Å². The van der Waals surface area contributed by atoms with Crippen molar-refractivity contribution >= 4 is 23.4 Å². The van der Waals surface area contributed by atoms with Crippen LogP contribution in [0.15, 0.2) is 18.2 Å². The summed E-state index contributed by atoms with van der Waals surface area (Å²) in [6, 6.07) is 4.26. The molecule has 3 N–H and O–H groups in total. The fraction of sp³-hybridized carbons (Fsp3) is 0.640. The molecule has 6 atom stereocenters. The molecule has 3 aliphatic rings. The van der Waals surface area contributed by atoms with E-state index in [1.807, 2.05) is 45.9 Å². The monoisotopic (exact) mass is 457 g/mol. The molecule has 8 heteroatoms. The van der Waals surface area contributed by atoms with Crippen LogP contribution in [0.5, 0.6) is 0 Å². The summed E-state index contributed by atoms with van der Waals surface area (Å²) in [5.41, 5.74) is 0.656. The van der Waals surface area contributed by atoms with Gasteiger partial charge in [-0.25, -0.2) is 0 Å². The van der Waals surface area contributed by atoms with Crippen molar-refractivity contribution in [2.24, 2.45) is 11.8 Å². The number of aryl methyl sites for hydroxylation is 2. The molecule has 0 aliphatic carbocycles. The van der Waals surface area contributed by atoms with E-state index in [0.717, 1.165) is 17.5 Å². The minimum absolute atomic E-state index is 0.202. The van der Waals surface area contributed by atoms with Crippen LogP contribution in [0.4, 0.5) is 5.69 Å². The van der Waals surface area contributed by atoms with Gasteiger partial charge in [0.25, 0.3) is 0 Å². The van der Waals surface area contributed by atoms with Crippen molar-refractivity contribution in [3.8, 4) is 0 Å². The van der Waals surface area contributed by atoms with Crippen LogP contribution in [0.2, 0.25) is 0 Å². The third kappa shape index (κ3) is 3.46. The molecule has 180 valence electrons. The molecule has 0 saturated carbocycles. The first-order chi connectivity index (χ1) is 15.6. The molecule has 0 radical (unpaired) electrons. The molecule has 2 unspecified atom stereocenters. The lowest BCUT2D eigenvalue weighted by atomic mass is 9.66. The van der Waals surface area contributed by atoms with Crippen molar-refractivity contribution in [3.63, 3.8) is 0 Å². The Morgan fingerprint density at radius 1 is 1.24 bits per heavy atom. The van der Waals surface area contributed by atoms with Crippen molar-refractivity contribution in [1.82, 2.24) is 10.2 Å². The summed E-state index contributed by atoms with van der Waals surface area (Å²) in [5.74, 6) is -2.26. The second-order valence-corrected chi connectivity index (χ2v) is 10.1. The quantitative estimate of drug-likeness (QED) is 0.580. The van der Waals surface area contributed by atoms with Gasteiger partial charge in [0.05, 0.1) is 30.1 Å². The van der Waals surface area contributed by atoms with E-state index < -0.39 is 35.1 Å². The number of nitrogens with one attached hydrogen (secondary N) is 2. The number of nitrogens with zero attached hydrogens (tertiary/aromatic N) is 1. The fourth-order valence-corrected chi connectivity index (χ4v) is 6.19.